The third-order valence-corrected chi connectivity index (χ3v) is 2.35. The molecule has 5 nitrogen and oxygen atoms in total. The van der Waals surface area contributed by atoms with E-state index in [1.54, 1.807) is 0 Å². The molecule has 0 spiro atoms. The molecule has 0 bridgehead atoms. The van der Waals surface area contributed by atoms with Gasteiger partial charge in [0.05, 0.1) is 5.71 Å². The van der Waals surface area contributed by atoms with Gasteiger partial charge in [0.25, 0.3) is 0 Å². The molecule has 92 valence electrons. The van der Waals surface area contributed by atoms with Gasteiger partial charge in [-0.15, -0.1) is 0 Å². The number of aromatic amines is 2. The minimum absolute atomic E-state index is 0.394. The Balaban J connectivity index is 1.97. The molecule has 6 heteroatoms. The van der Waals surface area contributed by atoms with Gasteiger partial charge in [0.15, 0.2) is 0 Å². The number of hydrogen-bond donors (Lipinski definition) is 3. The molecule has 0 radical (unpaired) electrons. The van der Waals surface area contributed by atoms with Gasteiger partial charge >= 0.3 is 0 Å². The van der Waals surface area contributed by atoms with Crippen LogP contribution in [0, 0.1) is 4.77 Å². The summed E-state index contributed by atoms with van der Waals surface area (Å²) < 4.78 is 0.394. The molecule has 0 unspecified atom stereocenters. The molecule has 0 saturated heterocycles. The Labute approximate surface area is 110 Å². The van der Waals surface area contributed by atoms with Crippen LogP contribution < -0.4 is 5.43 Å². The van der Waals surface area contributed by atoms with Gasteiger partial charge in [0, 0.05) is 0 Å². The molecule has 1 heterocycles. The molecule has 0 amide bonds. The van der Waals surface area contributed by atoms with Crippen LogP contribution in [0.1, 0.15) is 12.5 Å². The van der Waals surface area contributed by atoms with E-state index < -0.39 is 0 Å². The molecule has 2 rings (SSSR count). The summed E-state index contributed by atoms with van der Waals surface area (Å²) in [7, 11) is 0. The molecule has 1 aromatic carbocycles. The van der Waals surface area contributed by atoms with E-state index in [2.05, 4.69) is 25.7 Å². The van der Waals surface area contributed by atoms with Crippen LogP contribution in [0.3, 0.4) is 0 Å². The zero-order chi connectivity index (χ0) is 12.8. The van der Waals surface area contributed by atoms with Crippen LogP contribution in [0.25, 0.3) is 6.08 Å². The predicted octanol–water partition coefficient (Wildman–Crippen LogP) is 2.97. The lowest BCUT2D eigenvalue weighted by atomic mass is 10.2. The van der Waals surface area contributed by atoms with Crippen LogP contribution in [0.2, 0.25) is 0 Å². The molecule has 3 N–H and O–H groups in total. The van der Waals surface area contributed by atoms with Crippen molar-refractivity contribution in [2.45, 2.75) is 6.92 Å². The van der Waals surface area contributed by atoms with Gasteiger partial charge in [-0.25, -0.2) is 5.43 Å². The van der Waals surface area contributed by atoms with E-state index in [1.807, 2.05) is 49.4 Å². The summed E-state index contributed by atoms with van der Waals surface area (Å²) >= 11 is 4.83. The SMILES string of the molecule is CC(/C=C/c1ccccc1)=NNc1nc(=S)[nH][nH]1. The zero-order valence-corrected chi connectivity index (χ0v) is 10.7. The predicted molar refractivity (Wildman–Crippen MR) is 76.0 cm³/mol. The number of rotatable bonds is 4. The molecular weight excluding hydrogens is 246 g/mol. The molecule has 0 fully saturated rings. The zero-order valence-electron chi connectivity index (χ0n) is 9.84. The largest absolute Gasteiger partial charge is 0.272 e. The smallest absolute Gasteiger partial charge is 0.238 e. The minimum atomic E-state index is 0.394. The van der Waals surface area contributed by atoms with E-state index in [-0.39, 0.29) is 0 Å². The second kappa shape index (κ2) is 5.92. The Morgan fingerprint density at radius 1 is 1.33 bits per heavy atom. The van der Waals surface area contributed by atoms with Crippen molar-refractivity contribution in [3.63, 3.8) is 0 Å². The fourth-order valence-corrected chi connectivity index (χ4v) is 1.42. The highest BCUT2D eigenvalue weighted by Gasteiger charge is 1.92. The normalized spacial score (nSPS) is 11.9. The summed E-state index contributed by atoms with van der Waals surface area (Å²) in [6.07, 6.45) is 3.91. The first-order valence-electron chi connectivity index (χ1n) is 5.42. The maximum atomic E-state index is 4.83. The molecule has 0 aliphatic carbocycles. The van der Waals surface area contributed by atoms with Crippen molar-refractivity contribution >= 4 is 30.0 Å². The number of nitrogens with zero attached hydrogens (tertiary/aromatic N) is 2. The maximum absolute atomic E-state index is 4.83. The topological polar surface area (TPSA) is 68.9 Å². The van der Waals surface area contributed by atoms with E-state index in [9.17, 15) is 0 Å². The Morgan fingerprint density at radius 2 is 2.11 bits per heavy atom. The Kier molecular flexibility index (Phi) is 4.03. The summed E-state index contributed by atoms with van der Waals surface area (Å²) in [6, 6.07) is 10.0. The first-order chi connectivity index (χ1) is 8.74. The number of hydrazone groups is 1. The monoisotopic (exact) mass is 259 g/mol. The maximum Gasteiger partial charge on any atom is 0.238 e. The highest BCUT2D eigenvalue weighted by atomic mass is 32.1. The Bertz CT molecular complexity index is 609. The van der Waals surface area contributed by atoms with E-state index in [0.29, 0.717) is 10.7 Å². The fourth-order valence-electron chi connectivity index (χ4n) is 1.28. The third kappa shape index (κ3) is 3.67. The van der Waals surface area contributed by atoms with E-state index in [0.717, 1.165) is 11.3 Å². The number of aromatic nitrogens is 3. The van der Waals surface area contributed by atoms with Gasteiger partial charge < -0.3 is 0 Å². The van der Waals surface area contributed by atoms with Crippen LogP contribution in [-0.2, 0) is 0 Å². The van der Waals surface area contributed by atoms with Crippen molar-refractivity contribution in [3.8, 4) is 0 Å². The van der Waals surface area contributed by atoms with Gasteiger partial charge in [0.1, 0.15) is 0 Å². The lowest BCUT2D eigenvalue weighted by molar-refractivity contribution is 1.07. The van der Waals surface area contributed by atoms with Gasteiger partial charge in [-0.1, -0.05) is 36.4 Å². The average molecular weight is 259 g/mol. The van der Waals surface area contributed by atoms with Crippen molar-refractivity contribution in [3.05, 3.63) is 46.7 Å². The van der Waals surface area contributed by atoms with Crippen LogP contribution in [-0.4, -0.2) is 20.9 Å². The fraction of sp³-hybridized carbons (Fsp3) is 0.0833. The number of benzene rings is 1. The molecule has 1 aromatic heterocycles. The standard InChI is InChI=1S/C12H13N5S/c1-9(7-8-10-5-3-2-4-6-10)14-15-11-13-12(18)17-16-11/h2-8H,1H3,(H3,13,15,16,17,18)/b8-7+,14-9?. The highest BCUT2D eigenvalue weighted by molar-refractivity contribution is 7.71. The number of nitrogens with one attached hydrogen (secondary N) is 3. The van der Waals surface area contributed by atoms with Gasteiger partial charge in [-0.3, -0.25) is 10.2 Å². The highest BCUT2D eigenvalue weighted by Crippen LogP contribution is 2.01. The Morgan fingerprint density at radius 3 is 2.78 bits per heavy atom. The summed E-state index contributed by atoms with van der Waals surface area (Å²) in [4.78, 5) is 3.96. The second-order valence-corrected chi connectivity index (χ2v) is 4.01. The lowest BCUT2D eigenvalue weighted by Crippen LogP contribution is -1.95. The van der Waals surface area contributed by atoms with Crippen molar-refractivity contribution in [1.29, 1.82) is 0 Å². The minimum Gasteiger partial charge on any atom is -0.272 e. The molecular formula is C12H13N5S. The average Bonchev–Trinajstić information content (AvgIpc) is 2.81. The van der Waals surface area contributed by atoms with Crippen LogP contribution in [0.4, 0.5) is 5.95 Å². The van der Waals surface area contributed by atoms with Gasteiger partial charge in [0.2, 0.25) is 10.7 Å². The molecule has 0 atom stereocenters. The molecule has 2 aromatic rings. The number of anilines is 1. The summed E-state index contributed by atoms with van der Waals surface area (Å²) in [5.74, 6) is 0.493. The molecule has 18 heavy (non-hydrogen) atoms. The van der Waals surface area contributed by atoms with Gasteiger partial charge in [-0.05, 0) is 30.8 Å². The van der Waals surface area contributed by atoms with E-state index in [1.165, 1.54) is 0 Å². The van der Waals surface area contributed by atoms with Crippen LogP contribution >= 0.6 is 12.2 Å². The molecule has 0 aliphatic heterocycles. The lowest BCUT2D eigenvalue weighted by Gasteiger charge is -1.95. The Hall–Kier alpha value is -2.21. The van der Waals surface area contributed by atoms with Crippen LogP contribution in [0.5, 0.6) is 0 Å². The number of H-pyrrole nitrogens is 2. The van der Waals surface area contributed by atoms with E-state index in [4.69, 9.17) is 12.2 Å². The third-order valence-electron chi connectivity index (χ3n) is 2.16. The summed E-state index contributed by atoms with van der Waals surface area (Å²) in [5.41, 5.74) is 4.74. The van der Waals surface area contributed by atoms with Crippen molar-refractivity contribution in [1.82, 2.24) is 15.2 Å². The molecule has 0 aliphatic rings. The number of allylic oxidation sites excluding steroid dienone is 1. The number of hydrogen-bond acceptors (Lipinski definition) is 4. The van der Waals surface area contributed by atoms with Crippen molar-refractivity contribution < 1.29 is 0 Å². The van der Waals surface area contributed by atoms with Crippen molar-refractivity contribution in [2.24, 2.45) is 5.10 Å². The van der Waals surface area contributed by atoms with Gasteiger partial charge in [-0.2, -0.15) is 10.1 Å². The summed E-state index contributed by atoms with van der Waals surface area (Å²) in [5, 5.41) is 9.57. The first-order valence-corrected chi connectivity index (χ1v) is 5.83. The quantitative estimate of drug-likeness (QED) is 0.449. The van der Waals surface area contributed by atoms with Crippen molar-refractivity contribution in [2.75, 3.05) is 5.43 Å². The van der Waals surface area contributed by atoms with E-state index >= 15 is 0 Å². The summed E-state index contributed by atoms with van der Waals surface area (Å²) in [6.45, 7) is 1.90. The first kappa shape index (κ1) is 12.3. The van der Waals surface area contributed by atoms with Crippen LogP contribution in [0.15, 0.2) is 41.5 Å². The molecule has 0 saturated carbocycles. The second-order valence-electron chi connectivity index (χ2n) is 3.62.